The molecule has 0 aliphatic rings. The van der Waals surface area contributed by atoms with E-state index >= 15 is 0 Å². The summed E-state index contributed by atoms with van der Waals surface area (Å²) in [4.78, 5) is 12.5. The lowest BCUT2D eigenvalue weighted by Gasteiger charge is -2.19. The number of amides is 1. The van der Waals surface area contributed by atoms with Crippen molar-refractivity contribution in [3.63, 3.8) is 0 Å². The minimum absolute atomic E-state index is 0.145. The van der Waals surface area contributed by atoms with Crippen LogP contribution in [0, 0.1) is 0 Å². The van der Waals surface area contributed by atoms with Crippen LogP contribution in [0.15, 0.2) is 59.1 Å². The second kappa shape index (κ2) is 9.33. The van der Waals surface area contributed by atoms with E-state index in [4.69, 9.17) is 10.5 Å². The molecule has 2 aromatic rings. The van der Waals surface area contributed by atoms with Crippen LogP contribution in [0.2, 0.25) is 0 Å². The average Bonchev–Trinajstić information content (AvgIpc) is 2.57. The maximum Gasteiger partial charge on any atom is 0.265 e. The van der Waals surface area contributed by atoms with E-state index in [1.165, 1.54) is 0 Å². The van der Waals surface area contributed by atoms with Crippen molar-refractivity contribution in [1.82, 2.24) is 5.32 Å². The van der Waals surface area contributed by atoms with Crippen LogP contribution in [-0.4, -0.2) is 19.0 Å². The summed E-state index contributed by atoms with van der Waals surface area (Å²) < 4.78 is 6.84. The van der Waals surface area contributed by atoms with Crippen molar-refractivity contribution in [2.75, 3.05) is 13.1 Å². The topological polar surface area (TPSA) is 64.3 Å². The largest absolute Gasteiger partial charge is 0.476 e. The van der Waals surface area contributed by atoms with Gasteiger partial charge in [0, 0.05) is 16.6 Å². The van der Waals surface area contributed by atoms with Crippen molar-refractivity contribution in [3.8, 4) is 5.75 Å². The molecule has 5 heteroatoms. The van der Waals surface area contributed by atoms with Gasteiger partial charge in [-0.3, -0.25) is 4.79 Å². The number of hydrogen-bond acceptors (Lipinski definition) is 3. The van der Waals surface area contributed by atoms with Crippen LogP contribution in [0.5, 0.6) is 5.75 Å². The van der Waals surface area contributed by atoms with E-state index in [0.717, 1.165) is 22.9 Å². The normalized spacial score (nSPS) is 11.7. The summed E-state index contributed by atoms with van der Waals surface area (Å²) in [6.07, 6.45) is 1.08. The number of benzene rings is 2. The van der Waals surface area contributed by atoms with E-state index in [1.807, 2.05) is 54.6 Å². The zero-order valence-electron chi connectivity index (χ0n) is 12.9. The Morgan fingerprint density at radius 2 is 1.91 bits per heavy atom. The molecule has 1 unspecified atom stereocenters. The van der Waals surface area contributed by atoms with Crippen molar-refractivity contribution >= 4 is 21.8 Å². The number of halogens is 1. The van der Waals surface area contributed by atoms with Crippen molar-refractivity contribution in [2.45, 2.75) is 18.9 Å². The van der Waals surface area contributed by atoms with Gasteiger partial charge in [0.1, 0.15) is 5.75 Å². The number of nitrogens with one attached hydrogen (secondary N) is 1. The van der Waals surface area contributed by atoms with Gasteiger partial charge in [0.05, 0.1) is 0 Å². The molecule has 4 nitrogen and oxygen atoms in total. The highest BCUT2D eigenvalue weighted by Gasteiger charge is 2.22. The minimum Gasteiger partial charge on any atom is -0.476 e. The molecule has 0 aliphatic carbocycles. The zero-order chi connectivity index (χ0) is 16.5. The Morgan fingerprint density at radius 3 is 2.61 bits per heavy atom. The molecule has 3 N–H and O–H groups in total. The van der Waals surface area contributed by atoms with Crippen molar-refractivity contribution in [1.29, 1.82) is 0 Å². The number of carbonyl (C=O) groups is 1. The first-order chi connectivity index (χ1) is 11.2. The van der Waals surface area contributed by atoms with Crippen LogP contribution in [-0.2, 0) is 4.79 Å². The highest BCUT2D eigenvalue weighted by molar-refractivity contribution is 9.10. The second-order valence-corrected chi connectivity index (χ2v) is 6.07. The van der Waals surface area contributed by atoms with Gasteiger partial charge in [0.15, 0.2) is 0 Å². The molecule has 0 aromatic heterocycles. The molecule has 122 valence electrons. The Morgan fingerprint density at radius 1 is 1.13 bits per heavy atom. The highest BCUT2D eigenvalue weighted by atomic mass is 79.9. The fraction of sp³-hybridized carbons (Fsp3) is 0.278. The molecule has 0 saturated carbocycles. The van der Waals surface area contributed by atoms with E-state index < -0.39 is 6.10 Å². The van der Waals surface area contributed by atoms with Gasteiger partial charge in [-0.1, -0.05) is 52.3 Å². The fourth-order valence-electron chi connectivity index (χ4n) is 2.15. The SMILES string of the molecule is NCCCCNC(=O)C(Oc1cccc(Br)c1)c1ccccc1. The first kappa shape index (κ1) is 17.5. The lowest BCUT2D eigenvalue weighted by molar-refractivity contribution is -0.128. The molecule has 2 aromatic carbocycles. The van der Waals surface area contributed by atoms with Crippen LogP contribution in [0.1, 0.15) is 24.5 Å². The first-order valence-corrected chi connectivity index (χ1v) is 8.45. The van der Waals surface area contributed by atoms with E-state index in [1.54, 1.807) is 0 Å². The van der Waals surface area contributed by atoms with Crippen molar-refractivity contribution in [2.24, 2.45) is 5.73 Å². The van der Waals surface area contributed by atoms with E-state index in [2.05, 4.69) is 21.2 Å². The van der Waals surface area contributed by atoms with Crippen LogP contribution in [0.4, 0.5) is 0 Å². The van der Waals surface area contributed by atoms with Crippen molar-refractivity contribution < 1.29 is 9.53 Å². The Bertz CT molecular complexity index is 619. The van der Waals surface area contributed by atoms with Crippen LogP contribution in [0.25, 0.3) is 0 Å². The lowest BCUT2D eigenvalue weighted by atomic mass is 10.1. The average molecular weight is 377 g/mol. The molecular weight excluding hydrogens is 356 g/mol. The minimum atomic E-state index is -0.677. The van der Waals surface area contributed by atoms with Gasteiger partial charge in [-0.25, -0.2) is 0 Å². The van der Waals surface area contributed by atoms with Gasteiger partial charge in [-0.2, -0.15) is 0 Å². The van der Waals surface area contributed by atoms with E-state index in [9.17, 15) is 4.79 Å². The molecule has 0 aliphatic heterocycles. The Kier molecular flexibility index (Phi) is 7.10. The third-order valence-corrected chi connectivity index (χ3v) is 3.81. The van der Waals surface area contributed by atoms with Crippen LogP contribution >= 0.6 is 15.9 Å². The number of rotatable bonds is 8. The molecular formula is C18H21BrN2O2. The smallest absolute Gasteiger partial charge is 0.265 e. The molecule has 0 spiro atoms. The molecule has 1 atom stereocenters. The van der Waals surface area contributed by atoms with Crippen LogP contribution < -0.4 is 15.8 Å². The van der Waals surface area contributed by atoms with E-state index in [-0.39, 0.29) is 5.91 Å². The van der Waals surface area contributed by atoms with Gasteiger partial charge in [-0.05, 0) is 37.6 Å². The summed E-state index contributed by atoms with van der Waals surface area (Å²) in [5.74, 6) is 0.499. The molecule has 23 heavy (non-hydrogen) atoms. The maximum absolute atomic E-state index is 12.5. The van der Waals surface area contributed by atoms with Gasteiger partial charge in [0.2, 0.25) is 6.10 Å². The summed E-state index contributed by atoms with van der Waals surface area (Å²) in [5.41, 5.74) is 6.29. The Hall–Kier alpha value is -1.85. The number of ether oxygens (including phenoxy) is 1. The summed E-state index contributed by atoms with van der Waals surface area (Å²) >= 11 is 3.41. The fourth-order valence-corrected chi connectivity index (χ4v) is 2.53. The first-order valence-electron chi connectivity index (χ1n) is 7.65. The molecule has 0 saturated heterocycles. The molecule has 1 amide bonds. The summed E-state index contributed by atoms with van der Waals surface area (Å²) in [6.45, 7) is 1.23. The third kappa shape index (κ3) is 5.69. The monoisotopic (exact) mass is 376 g/mol. The second-order valence-electron chi connectivity index (χ2n) is 5.15. The highest BCUT2D eigenvalue weighted by Crippen LogP contribution is 2.25. The molecule has 2 rings (SSSR count). The third-order valence-electron chi connectivity index (χ3n) is 3.32. The predicted molar refractivity (Wildman–Crippen MR) is 95.3 cm³/mol. The standard InChI is InChI=1S/C18H21BrN2O2/c19-15-9-6-10-16(13-15)23-17(14-7-2-1-3-8-14)18(22)21-12-5-4-11-20/h1-3,6-10,13,17H,4-5,11-12,20H2,(H,21,22). The molecule has 0 heterocycles. The number of nitrogens with two attached hydrogens (primary N) is 1. The quantitative estimate of drug-likeness (QED) is 0.693. The maximum atomic E-state index is 12.5. The van der Waals surface area contributed by atoms with Gasteiger partial charge in [-0.15, -0.1) is 0 Å². The van der Waals surface area contributed by atoms with Crippen molar-refractivity contribution in [3.05, 3.63) is 64.6 Å². The number of hydrogen-bond donors (Lipinski definition) is 2. The van der Waals surface area contributed by atoms with E-state index in [0.29, 0.717) is 18.8 Å². The van der Waals surface area contributed by atoms with Gasteiger partial charge < -0.3 is 15.8 Å². The van der Waals surface area contributed by atoms with Gasteiger partial charge in [0.25, 0.3) is 5.91 Å². The summed E-state index contributed by atoms with van der Waals surface area (Å²) in [7, 11) is 0. The Labute approximate surface area is 145 Å². The predicted octanol–water partition coefficient (Wildman–Crippen LogP) is 3.42. The zero-order valence-corrected chi connectivity index (χ0v) is 14.5. The Balaban J connectivity index is 2.10. The summed E-state index contributed by atoms with van der Waals surface area (Å²) in [6, 6.07) is 17.0. The number of unbranched alkanes of at least 4 members (excludes halogenated alkanes) is 1. The molecule has 0 fully saturated rings. The molecule has 0 bridgehead atoms. The molecule has 0 radical (unpaired) electrons. The van der Waals surface area contributed by atoms with Crippen LogP contribution in [0.3, 0.4) is 0 Å². The summed E-state index contributed by atoms with van der Waals surface area (Å²) in [5, 5.41) is 2.92. The lowest BCUT2D eigenvalue weighted by Crippen LogP contribution is -2.33. The number of carbonyl (C=O) groups excluding carboxylic acids is 1. The van der Waals surface area contributed by atoms with Gasteiger partial charge >= 0.3 is 0 Å².